The van der Waals surface area contributed by atoms with Gasteiger partial charge in [-0.25, -0.2) is 0 Å². The molecule has 0 spiro atoms. The summed E-state index contributed by atoms with van der Waals surface area (Å²) in [6.45, 7) is 13.6. The predicted molar refractivity (Wildman–Crippen MR) is 90.3 cm³/mol. The van der Waals surface area contributed by atoms with Crippen LogP contribution >= 0.6 is 39.5 Å². The van der Waals surface area contributed by atoms with Gasteiger partial charge in [0.15, 0.2) is 0 Å². The van der Waals surface area contributed by atoms with E-state index >= 15 is 0 Å². The van der Waals surface area contributed by atoms with E-state index in [1.165, 1.54) is 15.4 Å². The SMILES string of the molecule is CC(C)(C)Sc1cc(CBr)cc(SC(C)(C)C)c1. The molecule has 102 valence electrons. The van der Waals surface area contributed by atoms with Gasteiger partial charge in [0.25, 0.3) is 0 Å². The summed E-state index contributed by atoms with van der Waals surface area (Å²) in [6, 6.07) is 6.90. The van der Waals surface area contributed by atoms with Crippen LogP contribution in [0.5, 0.6) is 0 Å². The van der Waals surface area contributed by atoms with Gasteiger partial charge in [0, 0.05) is 24.6 Å². The highest BCUT2D eigenvalue weighted by molar-refractivity contribution is 9.08. The van der Waals surface area contributed by atoms with Gasteiger partial charge in [-0.15, -0.1) is 23.5 Å². The molecule has 0 fully saturated rings. The Labute approximate surface area is 129 Å². The van der Waals surface area contributed by atoms with Crippen molar-refractivity contribution in [2.45, 2.75) is 66.2 Å². The van der Waals surface area contributed by atoms with Crippen molar-refractivity contribution in [2.75, 3.05) is 0 Å². The summed E-state index contributed by atoms with van der Waals surface area (Å²) >= 11 is 7.44. The lowest BCUT2D eigenvalue weighted by Gasteiger charge is -2.21. The minimum absolute atomic E-state index is 0.259. The molecule has 3 heteroatoms. The number of benzene rings is 1. The molecule has 0 aliphatic rings. The van der Waals surface area contributed by atoms with E-state index in [1.807, 2.05) is 23.5 Å². The molecule has 1 aromatic carbocycles. The zero-order chi connectivity index (χ0) is 14.0. The molecule has 0 saturated heterocycles. The average Bonchev–Trinajstić information content (AvgIpc) is 2.11. The van der Waals surface area contributed by atoms with Crippen molar-refractivity contribution in [2.24, 2.45) is 0 Å². The topological polar surface area (TPSA) is 0 Å². The molecule has 0 bridgehead atoms. The summed E-state index contributed by atoms with van der Waals surface area (Å²) in [4.78, 5) is 2.73. The Morgan fingerprint density at radius 1 is 0.833 bits per heavy atom. The van der Waals surface area contributed by atoms with Gasteiger partial charge in [-0.2, -0.15) is 0 Å². The number of hydrogen-bond acceptors (Lipinski definition) is 2. The van der Waals surface area contributed by atoms with Crippen molar-refractivity contribution in [3.63, 3.8) is 0 Å². The van der Waals surface area contributed by atoms with Crippen LogP contribution in [0, 0.1) is 0 Å². The fraction of sp³-hybridized carbons (Fsp3) is 0.600. The minimum atomic E-state index is 0.259. The summed E-state index contributed by atoms with van der Waals surface area (Å²) in [6.07, 6.45) is 0. The first kappa shape index (κ1) is 16.5. The molecule has 0 radical (unpaired) electrons. The van der Waals surface area contributed by atoms with Crippen LogP contribution in [0.3, 0.4) is 0 Å². The highest BCUT2D eigenvalue weighted by Crippen LogP contribution is 2.38. The van der Waals surface area contributed by atoms with Crippen LogP contribution in [0.1, 0.15) is 47.1 Å². The number of hydrogen-bond donors (Lipinski definition) is 0. The van der Waals surface area contributed by atoms with Gasteiger partial charge >= 0.3 is 0 Å². The molecule has 1 rings (SSSR count). The lowest BCUT2D eigenvalue weighted by atomic mass is 10.2. The molecule has 0 aromatic heterocycles. The number of rotatable bonds is 3. The fourth-order valence-corrected chi connectivity index (χ4v) is 4.14. The Hall–Kier alpha value is 0.400. The van der Waals surface area contributed by atoms with E-state index < -0.39 is 0 Å². The quantitative estimate of drug-likeness (QED) is 0.461. The first-order chi connectivity index (χ1) is 8.09. The van der Waals surface area contributed by atoms with Crippen LogP contribution in [0.15, 0.2) is 28.0 Å². The van der Waals surface area contributed by atoms with E-state index in [0.29, 0.717) is 0 Å². The van der Waals surface area contributed by atoms with Crippen LogP contribution in [0.25, 0.3) is 0 Å². The second-order valence-corrected chi connectivity index (χ2v) is 10.7. The van der Waals surface area contributed by atoms with Crippen molar-refractivity contribution in [3.05, 3.63) is 23.8 Å². The van der Waals surface area contributed by atoms with Crippen molar-refractivity contribution in [1.82, 2.24) is 0 Å². The second-order valence-electron chi connectivity index (χ2n) is 6.38. The summed E-state index contributed by atoms with van der Waals surface area (Å²) in [5.41, 5.74) is 1.36. The molecular weight excluding hydrogens is 324 g/mol. The highest BCUT2D eigenvalue weighted by atomic mass is 79.9. The molecule has 0 heterocycles. The molecule has 0 amide bonds. The third kappa shape index (κ3) is 6.53. The first-order valence-electron chi connectivity index (χ1n) is 6.17. The highest BCUT2D eigenvalue weighted by Gasteiger charge is 2.16. The van der Waals surface area contributed by atoms with E-state index in [-0.39, 0.29) is 9.49 Å². The van der Waals surface area contributed by atoms with Crippen molar-refractivity contribution >= 4 is 39.5 Å². The minimum Gasteiger partial charge on any atom is -0.120 e. The Kier molecular flexibility index (Phi) is 5.70. The number of alkyl halides is 1. The molecule has 0 nitrogen and oxygen atoms in total. The monoisotopic (exact) mass is 346 g/mol. The van der Waals surface area contributed by atoms with Gasteiger partial charge in [-0.1, -0.05) is 57.5 Å². The van der Waals surface area contributed by atoms with E-state index in [2.05, 4.69) is 75.7 Å². The van der Waals surface area contributed by atoms with Crippen molar-refractivity contribution < 1.29 is 0 Å². The van der Waals surface area contributed by atoms with Gasteiger partial charge in [-0.3, -0.25) is 0 Å². The maximum absolute atomic E-state index is 3.57. The predicted octanol–water partition coefficient (Wildman–Crippen LogP) is 6.36. The first-order valence-corrected chi connectivity index (χ1v) is 8.92. The molecule has 0 atom stereocenters. The molecule has 0 aliphatic heterocycles. The normalized spacial score (nSPS) is 12.8. The van der Waals surface area contributed by atoms with Crippen molar-refractivity contribution in [1.29, 1.82) is 0 Å². The molecule has 1 aromatic rings. The van der Waals surface area contributed by atoms with Crippen LogP contribution < -0.4 is 0 Å². The maximum Gasteiger partial charge on any atom is 0.0283 e. The van der Waals surface area contributed by atoms with E-state index in [1.54, 1.807) is 0 Å². The third-order valence-electron chi connectivity index (χ3n) is 1.94. The Bertz CT molecular complexity index is 366. The van der Waals surface area contributed by atoms with E-state index in [4.69, 9.17) is 0 Å². The number of thioether (sulfide) groups is 2. The summed E-state index contributed by atoms with van der Waals surface area (Å²) in [5, 5.41) is 0.920. The molecule has 0 aliphatic carbocycles. The Morgan fingerprint density at radius 3 is 1.50 bits per heavy atom. The smallest absolute Gasteiger partial charge is 0.0283 e. The zero-order valence-electron chi connectivity index (χ0n) is 12.1. The van der Waals surface area contributed by atoms with Gasteiger partial charge < -0.3 is 0 Å². The summed E-state index contributed by atoms with van der Waals surface area (Å²) in [5.74, 6) is 0. The lowest BCUT2D eigenvalue weighted by Crippen LogP contribution is -2.08. The van der Waals surface area contributed by atoms with Crippen LogP contribution in [-0.4, -0.2) is 9.49 Å². The van der Waals surface area contributed by atoms with Gasteiger partial charge in [0.1, 0.15) is 0 Å². The van der Waals surface area contributed by atoms with Crippen LogP contribution in [-0.2, 0) is 5.33 Å². The second kappa shape index (κ2) is 6.23. The van der Waals surface area contributed by atoms with Gasteiger partial charge in [0.05, 0.1) is 0 Å². The van der Waals surface area contributed by atoms with E-state index in [0.717, 1.165) is 5.33 Å². The maximum atomic E-state index is 3.57. The Morgan fingerprint density at radius 2 is 1.22 bits per heavy atom. The lowest BCUT2D eigenvalue weighted by molar-refractivity contribution is 0.800. The molecule has 18 heavy (non-hydrogen) atoms. The number of halogens is 1. The fourth-order valence-electron chi connectivity index (χ4n) is 1.53. The third-order valence-corrected chi connectivity index (χ3v) is 4.76. The summed E-state index contributed by atoms with van der Waals surface area (Å²) in [7, 11) is 0. The molecule has 0 unspecified atom stereocenters. The molecule has 0 saturated carbocycles. The largest absolute Gasteiger partial charge is 0.120 e. The Balaban J connectivity index is 3.02. The van der Waals surface area contributed by atoms with Crippen LogP contribution in [0.4, 0.5) is 0 Å². The standard InChI is InChI=1S/C15H23BrS2/c1-14(2,3)17-12-7-11(10-16)8-13(9-12)18-15(4,5)6/h7-9H,10H2,1-6H3. The zero-order valence-corrected chi connectivity index (χ0v) is 15.4. The average molecular weight is 347 g/mol. The van der Waals surface area contributed by atoms with Crippen LogP contribution in [0.2, 0.25) is 0 Å². The summed E-state index contributed by atoms with van der Waals surface area (Å²) < 4.78 is 0.517. The molecule has 0 N–H and O–H groups in total. The van der Waals surface area contributed by atoms with Crippen molar-refractivity contribution in [3.8, 4) is 0 Å². The van der Waals surface area contributed by atoms with Gasteiger partial charge in [0.2, 0.25) is 0 Å². The molecular formula is C15H23BrS2. The van der Waals surface area contributed by atoms with E-state index in [9.17, 15) is 0 Å². The van der Waals surface area contributed by atoms with Gasteiger partial charge in [-0.05, 0) is 23.8 Å².